The number of rotatable bonds is 3. The molecule has 0 bridgehead atoms. The summed E-state index contributed by atoms with van der Waals surface area (Å²) in [4.78, 5) is 19.2. The van der Waals surface area contributed by atoms with Crippen molar-refractivity contribution in [2.75, 3.05) is 0 Å². The van der Waals surface area contributed by atoms with Crippen molar-refractivity contribution in [2.45, 2.75) is 6.61 Å². The summed E-state index contributed by atoms with van der Waals surface area (Å²) in [5.74, 6) is 0. The molecule has 0 saturated heterocycles. The molecular formula is C15H11N3O3. The summed E-state index contributed by atoms with van der Waals surface area (Å²) >= 11 is 0. The molecule has 0 aliphatic carbocycles. The molecule has 0 aliphatic rings. The van der Waals surface area contributed by atoms with Crippen molar-refractivity contribution in [3.63, 3.8) is 0 Å². The van der Waals surface area contributed by atoms with Crippen LogP contribution in [0.5, 0.6) is 0 Å². The second-order valence-corrected chi connectivity index (χ2v) is 4.55. The molecule has 3 aromatic rings. The van der Waals surface area contributed by atoms with Crippen molar-refractivity contribution < 1.29 is 10.0 Å². The largest absolute Gasteiger partial charge is 0.392 e. The first-order valence-electron chi connectivity index (χ1n) is 6.29. The summed E-state index contributed by atoms with van der Waals surface area (Å²) in [5.41, 5.74) is 2.96. The maximum atomic E-state index is 11.0. The van der Waals surface area contributed by atoms with Gasteiger partial charge in [0.25, 0.3) is 5.69 Å². The van der Waals surface area contributed by atoms with E-state index in [2.05, 4.69) is 9.97 Å². The summed E-state index contributed by atoms with van der Waals surface area (Å²) in [6.07, 6.45) is 1.57. The number of aliphatic hydroxyl groups is 1. The van der Waals surface area contributed by atoms with E-state index in [0.29, 0.717) is 22.3 Å². The van der Waals surface area contributed by atoms with Crippen LogP contribution in [-0.2, 0) is 6.61 Å². The lowest BCUT2D eigenvalue weighted by Crippen LogP contribution is -1.94. The number of hydrogen-bond donors (Lipinski definition) is 1. The molecule has 0 fully saturated rings. The molecule has 0 saturated carbocycles. The number of hydrogen-bond acceptors (Lipinski definition) is 5. The average molecular weight is 281 g/mol. The monoisotopic (exact) mass is 281 g/mol. The van der Waals surface area contributed by atoms with Gasteiger partial charge in [-0.25, -0.2) is 4.98 Å². The van der Waals surface area contributed by atoms with Crippen LogP contribution in [0.15, 0.2) is 48.7 Å². The second-order valence-electron chi connectivity index (χ2n) is 4.55. The molecular weight excluding hydrogens is 270 g/mol. The first-order chi connectivity index (χ1) is 10.2. The number of nitro benzene ring substituents is 1. The fraction of sp³-hybridized carbons (Fsp3) is 0.0667. The molecule has 2 aromatic carbocycles. The van der Waals surface area contributed by atoms with Gasteiger partial charge in [0.15, 0.2) is 0 Å². The Morgan fingerprint density at radius 1 is 1.14 bits per heavy atom. The summed E-state index contributed by atoms with van der Waals surface area (Å²) in [7, 11) is 0. The van der Waals surface area contributed by atoms with Crippen molar-refractivity contribution in [1.82, 2.24) is 9.97 Å². The van der Waals surface area contributed by atoms with Crippen molar-refractivity contribution in [3.05, 3.63) is 64.3 Å². The van der Waals surface area contributed by atoms with E-state index in [1.54, 1.807) is 12.3 Å². The number of nitro groups is 1. The lowest BCUT2D eigenvalue weighted by atomic mass is 10.1. The van der Waals surface area contributed by atoms with Gasteiger partial charge < -0.3 is 5.11 Å². The van der Waals surface area contributed by atoms with E-state index in [4.69, 9.17) is 0 Å². The van der Waals surface area contributed by atoms with Gasteiger partial charge in [0, 0.05) is 17.7 Å². The van der Waals surface area contributed by atoms with Crippen LogP contribution in [0.1, 0.15) is 5.56 Å². The first kappa shape index (κ1) is 13.1. The van der Waals surface area contributed by atoms with E-state index in [-0.39, 0.29) is 12.3 Å². The molecule has 1 aromatic heterocycles. The molecule has 1 heterocycles. The average Bonchev–Trinajstić information content (AvgIpc) is 2.53. The number of aromatic nitrogens is 2. The topological polar surface area (TPSA) is 89.2 Å². The van der Waals surface area contributed by atoms with E-state index in [1.807, 2.05) is 24.3 Å². The number of aliphatic hydroxyl groups excluding tert-OH is 1. The van der Waals surface area contributed by atoms with E-state index in [0.717, 1.165) is 5.52 Å². The molecule has 0 unspecified atom stereocenters. The van der Waals surface area contributed by atoms with Gasteiger partial charge in [-0.2, -0.15) is 0 Å². The normalized spacial score (nSPS) is 10.7. The minimum atomic E-state index is -0.489. The van der Waals surface area contributed by atoms with Gasteiger partial charge in [0.1, 0.15) is 0 Å². The van der Waals surface area contributed by atoms with Crippen LogP contribution in [0.2, 0.25) is 0 Å². The molecule has 0 atom stereocenters. The van der Waals surface area contributed by atoms with Gasteiger partial charge in [-0.3, -0.25) is 15.1 Å². The Morgan fingerprint density at radius 2 is 1.90 bits per heavy atom. The molecule has 21 heavy (non-hydrogen) atoms. The quantitative estimate of drug-likeness (QED) is 0.589. The highest BCUT2D eigenvalue weighted by Gasteiger charge is 2.12. The standard InChI is InChI=1S/C15H11N3O3/c19-9-10-5-11(7-12(6-10)18(20)21)15-8-16-13-3-1-2-4-14(13)17-15/h1-8,19H,9H2. The molecule has 6 nitrogen and oxygen atoms in total. The zero-order chi connectivity index (χ0) is 14.8. The van der Waals surface area contributed by atoms with E-state index in [1.165, 1.54) is 12.1 Å². The Morgan fingerprint density at radius 3 is 2.62 bits per heavy atom. The van der Waals surface area contributed by atoms with Crippen LogP contribution < -0.4 is 0 Å². The van der Waals surface area contributed by atoms with Crippen LogP contribution in [0.25, 0.3) is 22.3 Å². The van der Waals surface area contributed by atoms with Crippen LogP contribution in [-0.4, -0.2) is 20.0 Å². The van der Waals surface area contributed by atoms with E-state index >= 15 is 0 Å². The number of para-hydroxylation sites is 2. The molecule has 104 valence electrons. The van der Waals surface area contributed by atoms with Crippen molar-refractivity contribution in [2.24, 2.45) is 0 Å². The summed E-state index contributed by atoms with van der Waals surface area (Å²) in [6, 6.07) is 11.8. The Labute approximate surface area is 119 Å². The maximum absolute atomic E-state index is 11.0. The van der Waals surface area contributed by atoms with Gasteiger partial charge in [0.05, 0.1) is 34.5 Å². The van der Waals surface area contributed by atoms with Crippen molar-refractivity contribution in [3.8, 4) is 11.3 Å². The van der Waals surface area contributed by atoms with Gasteiger partial charge >= 0.3 is 0 Å². The zero-order valence-corrected chi connectivity index (χ0v) is 10.9. The molecule has 1 N–H and O–H groups in total. The van der Waals surface area contributed by atoms with E-state index < -0.39 is 4.92 Å². The van der Waals surface area contributed by atoms with Crippen molar-refractivity contribution >= 4 is 16.7 Å². The minimum absolute atomic E-state index is 0.0773. The zero-order valence-electron chi connectivity index (χ0n) is 10.9. The lowest BCUT2D eigenvalue weighted by Gasteiger charge is -2.05. The Hall–Kier alpha value is -2.86. The first-order valence-corrected chi connectivity index (χ1v) is 6.29. The van der Waals surface area contributed by atoms with Gasteiger partial charge in [-0.1, -0.05) is 12.1 Å². The van der Waals surface area contributed by atoms with Crippen LogP contribution in [0.4, 0.5) is 5.69 Å². The predicted molar refractivity (Wildman–Crippen MR) is 77.6 cm³/mol. The smallest absolute Gasteiger partial charge is 0.270 e. The van der Waals surface area contributed by atoms with Gasteiger partial charge in [-0.15, -0.1) is 0 Å². The van der Waals surface area contributed by atoms with Crippen molar-refractivity contribution in [1.29, 1.82) is 0 Å². The molecule has 0 aliphatic heterocycles. The predicted octanol–water partition coefficient (Wildman–Crippen LogP) is 2.70. The Bertz CT molecular complexity index is 833. The fourth-order valence-electron chi connectivity index (χ4n) is 2.11. The van der Waals surface area contributed by atoms with Gasteiger partial charge in [0.2, 0.25) is 0 Å². The number of non-ortho nitro benzene ring substituents is 1. The minimum Gasteiger partial charge on any atom is -0.392 e. The highest BCUT2D eigenvalue weighted by molar-refractivity contribution is 5.77. The third kappa shape index (κ3) is 2.56. The Kier molecular flexibility index (Phi) is 3.29. The second kappa shape index (κ2) is 5.26. The fourth-order valence-corrected chi connectivity index (χ4v) is 2.11. The highest BCUT2D eigenvalue weighted by atomic mass is 16.6. The third-order valence-electron chi connectivity index (χ3n) is 3.12. The summed E-state index contributed by atoms with van der Waals surface area (Å²) < 4.78 is 0. The number of fused-ring (bicyclic) bond motifs is 1. The van der Waals surface area contributed by atoms with E-state index in [9.17, 15) is 15.2 Å². The number of benzene rings is 2. The Balaban J connectivity index is 2.16. The van der Waals surface area contributed by atoms with Crippen LogP contribution >= 0.6 is 0 Å². The third-order valence-corrected chi connectivity index (χ3v) is 3.12. The maximum Gasteiger partial charge on any atom is 0.270 e. The van der Waals surface area contributed by atoms with Gasteiger partial charge in [-0.05, 0) is 23.8 Å². The SMILES string of the molecule is O=[N+]([O-])c1cc(CO)cc(-c2cnc3ccccc3n2)c1. The highest BCUT2D eigenvalue weighted by Crippen LogP contribution is 2.25. The summed E-state index contributed by atoms with van der Waals surface area (Å²) in [6.45, 7) is -0.268. The molecule has 0 amide bonds. The molecule has 0 spiro atoms. The van der Waals surface area contributed by atoms with Crippen LogP contribution in [0.3, 0.4) is 0 Å². The summed E-state index contributed by atoms with van der Waals surface area (Å²) in [5, 5.41) is 20.2. The molecule has 3 rings (SSSR count). The molecule has 0 radical (unpaired) electrons. The number of nitrogens with zero attached hydrogens (tertiary/aromatic N) is 3. The van der Waals surface area contributed by atoms with Crippen LogP contribution in [0, 0.1) is 10.1 Å². The molecule has 6 heteroatoms. The lowest BCUT2D eigenvalue weighted by molar-refractivity contribution is -0.384.